The van der Waals surface area contributed by atoms with Gasteiger partial charge in [-0.05, 0) is 59.3 Å². The first-order chi connectivity index (χ1) is 13.7. The van der Waals surface area contributed by atoms with Crippen molar-refractivity contribution >= 4 is 39.9 Å². The highest BCUT2D eigenvalue weighted by atomic mass is 127. The first-order valence-electron chi connectivity index (χ1n) is 8.70. The maximum atomic E-state index is 14.4. The molecule has 0 saturated carbocycles. The molecule has 1 aliphatic rings. The Morgan fingerprint density at radius 2 is 1.93 bits per heavy atom. The fourth-order valence-electron chi connectivity index (χ4n) is 3.12. The van der Waals surface area contributed by atoms with E-state index in [-0.39, 0.29) is 37.4 Å². The minimum Gasteiger partial charge on any atom is -0.396 e. The zero-order chi connectivity index (χ0) is 21.3. The van der Waals surface area contributed by atoms with Crippen LogP contribution in [0.1, 0.15) is 16.8 Å². The Hall–Kier alpha value is -1.89. The summed E-state index contributed by atoms with van der Waals surface area (Å²) in [5, 5.41) is 21.7. The number of hydrogen-bond donors (Lipinski definition) is 3. The molecule has 0 bridgehead atoms. The molecule has 1 unspecified atom stereocenters. The highest BCUT2D eigenvalue weighted by Gasteiger charge is 2.48. The van der Waals surface area contributed by atoms with E-state index in [2.05, 4.69) is 5.32 Å². The van der Waals surface area contributed by atoms with E-state index in [4.69, 9.17) is 10.8 Å². The summed E-state index contributed by atoms with van der Waals surface area (Å²) in [6, 6.07) is 5.00. The molecule has 1 radical (unpaired) electrons. The third-order valence-electron chi connectivity index (χ3n) is 4.80. The molecular weight excluding hydrogens is 502 g/mol. The van der Waals surface area contributed by atoms with Crippen LogP contribution in [0.2, 0.25) is 0 Å². The summed E-state index contributed by atoms with van der Waals surface area (Å²) in [6.45, 7) is -0.643. The molecule has 1 amide bonds. The van der Waals surface area contributed by atoms with Crippen LogP contribution in [0.3, 0.4) is 0 Å². The van der Waals surface area contributed by atoms with Gasteiger partial charge in [-0.25, -0.2) is 13.2 Å². The number of carbonyl (C=O) groups excluding carboxylic acids is 1. The molecule has 2 aromatic carbocycles. The van der Waals surface area contributed by atoms with Crippen LogP contribution >= 0.6 is 22.6 Å². The number of aliphatic hydroxyl groups is 2. The van der Waals surface area contributed by atoms with Crippen molar-refractivity contribution in [2.24, 2.45) is 0 Å². The van der Waals surface area contributed by atoms with Gasteiger partial charge < -0.3 is 20.4 Å². The van der Waals surface area contributed by atoms with E-state index in [1.165, 1.54) is 17.0 Å². The minimum absolute atomic E-state index is 0.0442. The van der Waals surface area contributed by atoms with Gasteiger partial charge in [0.05, 0.1) is 36.1 Å². The number of anilines is 2. The highest BCUT2D eigenvalue weighted by molar-refractivity contribution is 14.1. The summed E-state index contributed by atoms with van der Waals surface area (Å²) in [4.78, 5) is 14.0. The Kier molecular flexibility index (Phi) is 6.36. The average molecular weight is 520 g/mol. The SMILES string of the molecule is [NH]C(CCO)C1(O)CN(C(=O)c2ccc(F)c(F)c2Nc2ccc(I)cc2F)C1. The predicted molar refractivity (Wildman–Crippen MR) is 108 cm³/mol. The molecule has 29 heavy (non-hydrogen) atoms. The third kappa shape index (κ3) is 4.34. The topological polar surface area (TPSA) is 96.6 Å². The van der Waals surface area contributed by atoms with Gasteiger partial charge in [-0.3, -0.25) is 10.5 Å². The molecule has 0 aromatic heterocycles. The van der Waals surface area contributed by atoms with E-state index in [9.17, 15) is 23.1 Å². The molecule has 1 heterocycles. The molecule has 6 nitrogen and oxygen atoms in total. The number of halogens is 4. The maximum absolute atomic E-state index is 14.4. The van der Waals surface area contributed by atoms with Crippen LogP contribution in [0.25, 0.3) is 0 Å². The molecule has 1 atom stereocenters. The first-order valence-corrected chi connectivity index (χ1v) is 9.78. The fourth-order valence-corrected chi connectivity index (χ4v) is 3.58. The van der Waals surface area contributed by atoms with Gasteiger partial charge in [-0.15, -0.1) is 0 Å². The van der Waals surface area contributed by atoms with Crippen LogP contribution in [-0.4, -0.2) is 52.4 Å². The van der Waals surface area contributed by atoms with Gasteiger partial charge in [-0.1, -0.05) is 0 Å². The Balaban J connectivity index is 1.87. The number of nitrogens with one attached hydrogen (secondary N) is 2. The molecule has 10 heteroatoms. The quantitative estimate of drug-likeness (QED) is 0.511. The van der Waals surface area contributed by atoms with E-state index in [0.717, 1.165) is 12.1 Å². The minimum atomic E-state index is -1.48. The number of rotatable bonds is 6. The standard InChI is InChI=1S/C19H18F3IN3O3/c20-12-3-2-11(18(28)26-8-19(29,9-26)15(24)5-6-27)17(16(12)22)25-14-4-1-10(23)7-13(14)21/h1-4,7,15,24-25,27,29H,5-6,8-9H2. The summed E-state index contributed by atoms with van der Waals surface area (Å²) < 4.78 is 43.0. The molecule has 0 spiro atoms. The van der Waals surface area contributed by atoms with Gasteiger partial charge >= 0.3 is 0 Å². The maximum Gasteiger partial charge on any atom is 0.256 e. The van der Waals surface area contributed by atoms with Crippen LogP contribution in [-0.2, 0) is 0 Å². The van der Waals surface area contributed by atoms with Crippen molar-refractivity contribution in [1.82, 2.24) is 10.6 Å². The Bertz CT molecular complexity index is 938. The zero-order valence-electron chi connectivity index (χ0n) is 15.1. The normalized spacial score (nSPS) is 16.3. The highest BCUT2D eigenvalue weighted by Crippen LogP contribution is 2.33. The van der Waals surface area contributed by atoms with Crippen molar-refractivity contribution in [3.8, 4) is 0 Å². The second kappa shape index (κ2) is 8.46. The summed E-state index contributed by atoms with van der Waals surface area (Å²) in [5.74, 6) is -3.93. The number of likely N-dealkylation sites (tertiary alicyclic amines) is 1. The van der Waals surface area contributed by atoms with Crippen molar-refractivity contribution in [3.63, 3.8) is 0 Å². The summed E-state index contributed by atoms with van der Waals surface area (Å²) in [5.41, 5.74) is 5.50. The summed E-state index contributed by atoms with van der Waals surface area (Å²) >= 11 is 1.90. The van der Waals surface area contributed by atoms with Crippen LogP contribution < -0.4 is 11.1 Å². The molecule has 1 aliphatic heterocycles. The van der Waals surface area contributed by atoms with Crippen LogP contribution in [0.5, 0.6) is 0 Å². The smallest absolute Gasteiger partial charge is 0.256 e. The molecular formula is C19H18F3IN3O3. The van der Waals surface area contributed by atoms with Crippen molar-refractivity contribution in [3.05, 3.63) is 56.9 Å². The van der Waals surface area contributed by atoms with Gasteiger partial charge in [0, 0.05) is 10.2 Å². The molecule has 4 N–H and O–H groups in total. The van der Waals surface area contributed by atoms with Crippen molar-refractivity contribution in [2.75, 3.05) is 25.0 Å². The van der Waals surface area contributed by atoms with Crippen LogP contribution in [0, 0.1) is 21.0 Å². The molecule has 0 aliphatic carbocycles. The second-order valence-electron chi connectivity index (χ2n) is 6.86. The molecule has 2 aromatic rings. The lowest BCUT2D eigenvalue weighted by Gasteiger charge is -2.49. The number of benzene rings is 2. The van der Waals surface area contributed by atoms with Gasteiger partial charge in [-0.2, -0.15) is 0 Å². The summed E-state index contributed by atoms with van der Waals surface area (Å²) in [6.07, 6.45) is 0.0442. The average Bonchev–Trinajstić information content (AvgIpc) is 2.64. The fraction of sp³-hybridized carbons (Fsp3) is 0.316. The number of nitrogens with zero attached hydrogens (tertiary/aromatic N) is 1. The summed E-state index contributed by atoms with van der Waals surface area (Å²) in [7, 11) is 0. The number of hydrogen-bond acceptors (Lipinski definition) is 4. The lowest BCUT2D eigenvalue weighted by atomic mass is 9.84. The van der Waals surface area contributed by atoms with Crippen LogP contribution in [0.15, 0.2) is 30.3 Å². The molecule has 1 saturated heterocycles. The number of aliphatic hydroxyl groups excluding tert-OH is 1. The Morgan fingerprint density at radius 3 is 2.55 bits per heavy atom. The molecule has 1 fully saturated rings. The first kappa shape index (κ1) is 21.8. The molecule has 3 rings (SSSR count). The van der Waals surface area contributed by atoms with E-state index in [1.807, 2.05) is 22.6 Å². The van der Waals surface area contributed by atoms with Gasteiger partial charge in [0.2, 0.25) is 0 Å². The Morgan fingerprint density at radius 1 is 1.24 bits per heavy atom. The van der Waals surface area contributed by atoms with Crippen molar-refractivity contribution in [2.45, 2.75) is 18.1 Å². The largest absolute Gasteiger partial charge is 0.396 e. The zero-order valence-corrected chi connectivity index (χ0v) is 17.2. The lowest BCUT2D eigenvalue weighted by Crippen LogP contribution is -2.69. The third-order valence-corrected chi connectivity index (χ3v) is 5.47. The predicted octanol–water partition coefficient (Wildman–Crippen LogP) is 2.67. The van der Waals surface area contributed by atoms with E-state index in [1.54, 1.807) is 6.07 Å². The second-order valence-corrected chi connectivity index (χ2v) is 8.11. The number of amides is 1. The lowest BCUT2D eigenvalue weighted by molar-refractivity contribution is -0.101. The van der Waals surface area contributed by atoms with Crippen LogP contribution in [0.4, 0.5) is 24.5 Å². The van der Waals surface area contributed by atoms with E-state index in [0.29, 0.717) is 3.57 Å². The van der Waals surface area contributed by atoms with Gasteiger partial charge in [0.25, 0.3) is 5.91 Å². The van der Waals surface area contributed by atoms with Gasteiger partial charge in [0.1, 0.15) is 11.4 Å². The van der Waals surface area contributed by atoms with Crippen molar-refractivity contribution in [1.29, 1.82) is 0 Å². The van der Waals surface area contributed by atoms with Crippen molar-refractivity contribution < 1.29 is 28.2 Å². The monoisotopic (exact) mass is 520 g/mol. The van der Waals surface area contributed by atoms with Gasteiger partial charge in [0.15, 0.2) is 11.6 Å². The Labute approximate surface area is 178 Å². The molecule has 155 valence electrons. The van der Waals surface area contributed by atoms with E-state index < -0.39 is 40.7 Å². The number of carbonyl (C=O) groups is 1. The van der Waals surface area contributed by atoms with E-state index >= 15 is 0 Å². The number of β-amino-alcohol motifs (C(OH)–C–C–N with tert-alkyl or cyclic N) is 1.